The van der Waals surface area contributed by atoms with Gasteiger partial charge in [0.05, 0.1) is 13.1 Å². The lowest BCUT2D eigenvalue weighted by atomic mass is 9.98. The average Bonchev–Trinajstić information content (AvgIpc) is 3.44. The zero-order chi connectivity index (χ0) is 28.5. The number of benzene rings is 3. The van der Waals surface area contributed by atoms with Gasteiger partial charge in [-0.15, -0.1) is 0 Å². The van der Waals surface area contributed by atoms with Crippen molar-refractivity contribution < 1.29 is 29.0 Å². The van der Waals surface area contributed by atoms with E-state index in [0.29, 0.717) is 18.0 Å². The van der Waals surface area contributed by atoms with Gasteiger partial charge in [-0.05, 0) is 41.0 Å². The lowest BCUT2D eigenvalue weighted by molar-refractivity contribution is -0.187. The molecule has 3 aliphatic heterocycles. The van der Waals surface area contributed by atoms with Gasteiger partial charge in [0.1, 0.15) is 18.0 Å². The summed E-state index contributed by atoms with van der Waals surface area (Å²) in [6.45, 7) is 0.824. The maximum atomic E-state index is 14.0. The maximum Gasteiger partial charge on any atom is 0.334 e. The number of aromatic hydroxyl groups is 1. The zero-order valence-corrected chi connectivity index (χ0v) is 22.6. The van der Waals surface area contributed by atoms with Crippen LogP contribution in [0.15, 0.2) is 72.8 Å². The molecular formula is C30H31N5O6. The number of fused-ring (bicyclic) bond motifs is 2. The second kappa shape index (κ2) is 11.0. The van der Waals surface area contributed by atoms with Crippen LogP contribution in [-0.4, -0.2) is 81.9 Å². The number of piperazine rings is 1. The molecule has 11 heteroatoms. The SMILES string of the molecule is CN1CC(=O)N2[C@@H](Cc3ccc(O)cc3)C(=O)N(Cc3ccc4c(c3)OCO4)C[C@@H]2N1C(=O)NCc1ccccc1. The minimum Gasteiger partial charge on any atom is -0.508 e. The summed E-state index contributed by atoms with van der Waals surface area (Å²) in [5.74, 6) is 0.932. The van der Waals surface area contributed by atoms with Crippen LogP contribution in [0.3, 0.4) is 0 Å². The number of nitrogens with one attached hydrogen (secondary N) is 1. The highest BCUT2D eigenvalue weighted by atomic mass is 16.7. The van der Waals surface area contributed by atoms with Crippen LogP contribution in [0.4, 0.5) is 4.79 Å². The first kappa shape index (κ1) is 26.5. The molecule has 2 N–H and O–H groups in total. The second-order valence-electron chi connectivity index (χ2n) is 10.4. The molecule has 2 fully saturated rings. The topological polar surface area (TPSA) is 115 Å². The first-order valence-electron chi connectivity index (χ1n) is 13.5. The Hall–Kier alpha value is -4.77. The fourth-order valence-electron chi connectivity index (χ4n) is 5.62. The molecule has 0 saturated carbocycles. The van der Waals surface area contributed by atoms with Crippen molar-refractivity contribution in [1.82, 2.24) is 25.1 Å². The molecule has 2 atom stereocenters. The van der Waals surface area contributed by atoms with Crippen molar-refractivity contribution in [2.24, 2.45) is 0 Å². The monoisotopic (exact) mass is 557 g/mol. The summed E-state index contributed by atoms with van der Waals surface area (Å²) in [4.78, 5) is 44.3. The Morgan fingerprint density at radius 1 is 0.951 bits per heavy atom. The number of rotatable bonds is 6. The van der Waals surface area contributed by atoms with E-state index in [-0.39, 0.29) is 56.4 Å². The first-order valence-corrected chi connectivity index (χ1v) is 13.5. The number of hydrazine groups is 1. The highest BCUT2D eigenvalue weighted by molar-refractivity contribution is 5.91. The van der Waals surface area contributed by atoms with Gasteiger partial charge in [0.2, 0.25) is 18.6 Å². The van der Waals surface area contributed by atoms with Gasteiger partial charge in [0.25, 0.3) is 0 Å². The zero-order valence-electron chi connectivity index (χ0n) is 22.6. The Morgan fingerprint density at radius 3 is 2.46 bits per heavy atom. The van der Waals surface area contributed by atoms with Crippen molar-refractivity contribution in [3.63, 3.8) is 0 Å². The third-order valence-electron chi connectivity index (χ3n) is 7.61. The lowest BCUT2D eigenvalue weighted by Gasteiger charge is -2.54. The summed E-state index contributed by atoms with van der Waals surface area (Å²) in [6.07, 6.45) is -0.479. The van der Waals surface area contributed by atoms with E-state index < -0.39 is 12.2 Å². The van der Waals surface area contributed by atoms with E-state index in [2.05, 4.69) is 5.32 Å². The van der Waals surface area contributed by atoms with Gasteiger partial charge in [-0.1, -0.05) is 48.5 Å². The van der Waals surface area contributed by atoms with Crippen molar-refractivity contribution >= 4 is 17.8 Å². The minimum atomic E-state index is -0.835. The Kier molecular flexibility index (Phi) is 7.10. The fourth-order valence-corrected chi connectivity index (χ4v) is 5.62. The van der Waals surface area contributed by atoms with Crippen LogP contribution in [0.2, 0.25) is 0 Å². The van der Waals surface area contributed by atoms with E-state index in [1.54, 1.807) is 46.1 Å². The van der Waals surface area contributed by atoms with Gasteiger partial charge in [0, 0.05) is 26.6 Å². The van der Waals surface area contributed by atoms with Crippen molar-refractivity contribution in [3.05, 3.63) is 89.5 Å². The van der Waals surface area contributed by atoms with Gasteiger partial charge in [-0.3, -0.25) is 9.59 Å². The molecule has 3 aromatic carbocycles. The van der Waals surface area contributed by atoms with Gasteiger partial charge in [0.15, 0.2) is 11.5 Å². The highest BCUT2D eigenvalue weighted by Gasteiger charge is 2.50. The molecule has 3 aromatic rings. The molecule has 3 aliphatic rings. The predicted octanol–water partition coefficient (Wildman–Crippen LogP) is 2.30. The molecule has 3 heterocycles. The van der Waals surface area contributed by atoms with Crippen molar-refractivity contribution in [1.29, 1.82) is 0 Å². The molecule has 41 heavy (non-hydrogen) atoms. The van der Waals surface area contributed by atoms with Crippen molar-refractivity contribution in [2.45, 2.75) is 31.7 Å². The van der Waals surface area contributed by atoms with E-state index >= 15 is 0 Å². The highest BCUT2D eigenvalue weighted by Crippen LogP contribution is 2.34. The Balaban J connectivity index is 1.30. The van der Waals surface area contributed by atoms with Crippen molar-refractivity contribution in [3.8, 4) is 17.2 Å². The van der Waals surface area contributed by atoms with Crippen LogP contribution in [0.5, 0.6) is 17.2 Å². The van der Waals surface area contributed by atoms with Gasteiger partial charge < -0.3 is 29.7 Å². The molecule has 0 radical (unpaired) electrons. The van der Waals surface area contributed by atoms with E-state index in [4.69, 9.17) is 9.47 Å². The minimum absolute atomic E-state index is 0.0449. The molecule has 6 rings (SSSR count). The Labute approximate surface area is 237 Å². The number of carbonyl (C=O) groups is 3. The van der Waals surface area contributed by atoms with Crippen LogP contribution in [0.25, 0.3) is 0 Å². The van der Waals surface area contributed by atoms with Crippen LogP contribution in [0, 0.1) is 0 Å². The fraction of sp³-hybridized carbons (Fsp3) is 0.300. The quantitative estimate of drug-likeness (QED) is 0.478. The molecular weight excluding hydrogens is 526 g/mol. The number of carbonyl (C=O) groups excluding carboxylic acids is 3. The number of hydrogen-bond acceptors (Lipinski definition) is 7. The van der Waals surface area contributed by atoms with Crippen LogP contribution in [-0.2, 0) is 29.1 Å². The van der Waals surface area contributed by atoms with E-state index in [1.807, 2.05) is 48.5 Å². The van der Waals surface area contributed by atoms with Crippen LogP contribution >= 0.6 is 0 Å². The standard InChI is InChI=1S/C30H31N5O6/c1-32-18-28(37)34-24(13-20-7-10-23(36)11-8-20)29(38)33(16-22-9-12-25-26(14-22)41-19-40-25)17-27(34)35(32)30(39)31-15-21-5-3-2-4-6-21/h2-12,14,24,27,36H,13,15-19H2,1H3,(H,31,39)/t24-,27-/m0/s1. The molecule has 0 unspecified atom stereocenters. The first-order chi connectivity index (χ1) is 19.9. The number of amides is 4. The molecule has 0 aliphatic carbocycles. The molecule has 2 saturated heterocycles. The van der Waals surface area contributed by atoms with E-state index in [9.17, 15) is 19.5 Å². The number of hydrogen-bond donors (Lipinski definition) is 2. The summed E-state index contributed by atoms with van der Waals surface area (Å²) in [6, 6.07) is 20.5. The smallest absolute Gasteiger partial charge is 0.334 e. The summed E-state index contributed by atoms with van der Waals surface area (Å²) >= 11 is 0. The summed E-state index contributed by atoms with van der Waals surface area (Å²) in [5.41, 5.74) is 2.58. The second-order valence-corrected chi connectivity index (χ2v) is 10.4. The van der Waals surface area contributed by atoms with Gasteiger partial charge in [-0.25, -0.2) is 14.8 Å². The summed E-state index contributed by atoms with van der Waals surface area (Å²) in [7, 11) is 1.70. The molecule has 212 valence electrons. The largest absolute Gasteiger partial charge is 0.508 e. The lowest BCUT2D eigenvalue weighted by Crippen LogP contribution is -2.76. The average molecular weight is 558 g/mol. The van der Waals surface area contributed by atoms with Crippen LogP contribution in [0.1, 0.15) is 16.7 Å². The van der Waals surface area contributed by atoms with Gasteiger partial charge >= 0.3 is 6.03 Å². The number of ether oxygens (including phenoxy) is 2. The molecule has 0 bridgehead atoms. The third kappa shape index (κ3) is 5.36. The number of likely N-dealkylation sites (N-methyl/N-ethyl adjacent to an activating group) is 1. The normalized spacial score (nSPS) is 20.3. The summed E-state index contributed by atoms with van der Waals surface area (Å²) in [5, 5.41) is 15.9. The van der Waals surface area contributed by atoms with E-state index in [1.165, 1.54) is 5.01 Å². The Morgan fingerprint density at radius 2 is 1.68 bits per heavy atom. The molecule has 4 amide bonds. The van der Waals surface area contributed by atoms with Crippen LogP contribution < -0.4 is 14.8 Å². The summed E-state index contributed by atoms with van der Waals surface area (Å²) < 4.78 is 10.9. The number of urea groups is 1. The number of phenols is 1. The number of nitrogens with zero attached hydrogens (tertiary/aromatic N) is 4. The Bertz CT molecular complexity index is 1450. The predicted molar refractivity (Wildman–Crippen MR) is 147 cm³/mol. The van der Waals surface area contributed by atoms with Gasteiger partial charge in [-0.2, -0.15) is 0 Å². The third-order valence-corrected chi connectivity index (χ3v) is 7.61. The van der Waals surface area contributed by atoms with Crippen molar-refractivity contribution in [2.75, 3.05) is 26.9 Å². The number of phenolic OH excluding ortho intramolecular Hbond substituents is 1. The molecule has 0 spiro atoms. The molecule has 11 nitrogen and oxygen atoms in total. The maximum absolute atomic E-state index is 14.0. The van der Waals surface area contributed by atoms with E-state index in [0.717, 1.165) is 16.7 Å². The molecule has 0 aromatic heterocycles.